The van der Waals surface area contributed by atoms with E-state index in [0.717, 1.165) is 50.3 Å². The Morgan fingerprint density at radius 2 is 1.68 bits per heavy atom. The van der Waals surface area contributed by atoms with Crippen molar-refractivity contribution in [2.24, 2.45) is 0 Å². The lowest BCUT2D eigenvalue weighted by molar-refractivity contribution is 0.602. The van der Waals surface area contributed by atoms with Crippen LogP contribution < -0.4 is 0 Å². The molecule has 4 rings (SSSR count). The zero-order chi connectivity index (χ0) is 20.1. The molecule has 4 aromatic rings. The standard InChI is InChI=1S/C23H23NO2S2/c1-5-24-16(3)22(17-9-6-7-10-18(17)24)23-20(28(4,25)26)13-12-15(2)21(23)19-11-8-14-27-19/h6-14H,5H2,1-4H3. The molecule has 0 atom stereocenters. The summed E-state index contributed by atoms with van der Waals surface area (Å²) in [5.41, 5.74) is 6.17. The third kappa shape index (κ3) is 2.90. The van der Waals surface area contributed by atoms with E-state index >= 15 is 0 Å². The van der Waals surface area contributed by atoms with E-state index in [1.54, 1.807) is 17.4 Å². The quantitative estimate of drug-likeness (QED) is 0.410. The van der Waals surface area contributed by atoms with Gasteiger partial charge in [-0.25, -0.2) is 8.42 Å². The minimum Gasteiger partial charge on any atom is -0.345 e. The van der Waals surface area contributed by atoms with Crippen molar-refractivity contribution in [2.75, 3.05) is 6.26 Å². The number of hydrogen-bond acceptors (Lipinski definition) is 3. The lowest BCUT2D eigenvalue weighted by atomic mass is 9.93. The van der Waals surface area contributed by atoms with E-state index in [9.17, 15) is 8.42 Å². The van der Waals surface area contributed by atoms with Crippen molar-refractivity contribution in [2.45, 2.75) is 32.2 Å². The smallest absolute Gasteiger partial charge is 0.176 e. The fourth-order valence-corrected chi connectivity index (χ4v) is 5.87. The predicted molar refractivity (Wildman–Crippen MR) is 119 cm³/mol. The Labute approximate surface area is 170 Å². The van der Waals surface area contributed by atoms with Gasteiger partial charge in [0.15, 0.2) is 9.84 Å². The Bertz CT molecular complexity index is 1280. The maximum atomic E-state index is 12.8. The molecule has 0 bridgehead atoms. The Hall–Kier alpha value is -2.37. The zero-order valence-corrected chi connectivity index (χ0v) is 18.1. The molecule has 0 aliphatic carbocycles. The first kappa shape index (κ1) is 19.0. The normalized spacial score (nSPS) is 12.0. The Morgan fingerprint density at radius 3 is 2.32 bits per heavy atom. The molecule has 3 nitrogen and oxygen atoms in total. The SMILES string of the molecule is CCn1c(C)c(-c2c(S(C)(=O)=O)ccc(C)c2-c2cccs2)c2ccccc21. The van der Waals surface area contributed by atoms with Crippen molar-refractivity contribution in [3.05, 3.63) is 65.2 Å². The van der Waals surface area contributed by atoms with Gasteiger partial charge in [-0.1, -0.05) is 30.3 Å². The molecule has 2 aromatic heterocycles. The van der Waals surface area contributed by atoms with Gasteiger partial charge in [0.2, 0.25) is 0 Å². The van der Waals surface area contributed by atoms with E-state index in [-0.39, 0.29) is 0 Å². The highest BCUT2D eigenvalue weighted by atomic mass is 32.2. The van der Waals surface area contributed by atoms with Gasteiger partial charge < -0.3 is 4.57 Å². The van der Waals surface area contributed by atoms with Crippen LogP contribution in [0.4, 0.5) is 0 Å². The maximum absolute atomic E-state index is 12.8. The van der Waals surface area contributed by atoms with Crippen LogP contribution in [0.3, 0.4) is 0 Å². The van der Waals surface area contributed by atoms with Gasteiger partial charge in [0.25, 0.3) is 0 Å². The highest BCUT2D eigenvalue weighted by molar-refractivity contribution is 7.90. The Morgan fingerprint density at radius 1 is 0.929 bits per heavy atom. The summed E-state index contributed by atoms with van der Waals surface area (Å²) in [6.07, 6.45) is 1.30. The van der Waals surface area contributed by atoms with Gasteiger partial charge in [-0.3, -0.25) is 0 Å². The van der Waals surface area contributed by atoms with E-state index in [2.05, 4.69) is 43.5 Å². The number of fused-ring (bicyclic) bond motifs is 1. The molecule has 0 aliphatic heterocycles. The summed E-state index contributed by atoms with van der Waals surface area (Å²) in [7, 11) is -3.40. The minimum absolute atomic E-state index is 0.392. The van der Waals surface area contributed by atoms with Gasteiger partial charge in [0.05, 0.1) is 4.90 Å². The second-order valence-corrected chi connectivity index (χ2v) is 10.0. The van der Waals surface area contributed by atoms with E-state index in [1.807, 2.05) is 29.6 Å². The third-order valence-electron chi connectivity index (χ3n) is 5.34. The number of sulfone groups is 1. The molecule has 0 saturated carbocycles. The van der Waals surface area contributed by atoms with E-state index in [0.29, 0.717) is 4.90 Å². The van der Waals surface area contributed by atoms with Crippen LogP contribution in [0.5, 0.6) is 0 Å². The Balaban J connectivity index is 2.25. The molecule has 0 radical (unpaired) electrons. The van der Waals surface area contributed by atoms with E-state index in [1.165, 1.54) is 6.26 Å². The van der Waals surface area contributed by atoms with Crippen LogP contribution in [-0.4, -0.2) is 19.2 Å². The molecule has 28 heavy (non-hydrogen) atoms. The summed E-state index contributed by atoms with van der Waals surface area (Å²) in [5.74, 6) is 0. The lowest BCUT2D eigenvalue weighted by Gasteiger charge is -2.17. The number of hydrogen-bond donors (Lipinski definition) is 0. The summed E-state index contributed by atoms with van der Waals surface area (Å²) in [6, 6.07) is 16.0. The minimum atomic E-state index is -3.40. The monoisotopic (exact) mass is 409 g/mol. The van der Waals surface area contributed by atoms with E-state index < -0.39 is 9.84 Å². The first-order chi connectivity index (χ1) is 13.3. The van der Waals surface area contributed by atoms with Gasteiger partial charge in [0, 0.05) is 51.0 Å². The number of rotatable bonds is 4. The molecule has 0 N–H and O–H groups in total. The second kappa shape index (κ2) is 6.90. The molecule has 0 amide bonds. The van der Waals surface area contributed by atoms with Crippen LogP contribution in [0.15, 0.2) is 58.8 Å². The zero-order valence-electron chi connectivity index (χ0n) is 16.5. The first-order valence-corrected chi connectivity index (χ1v) is 12.1. The van der Waals surface area contributed by atoms with Crippen LogP contribution >= 0.6 is 11.3 Å². The number of thiophene rings is 1. The number of aryl methyl sites for hydroxylation is 2. The average molecular weight is 410 g/mol. The highest BCUT2D eigenvalue weighted by Crippen LogP contribution is 2.45. The molecule has 0 fully saturated rings. The Kier molecular flexibility index (Phi) is 4.68. The van der Waals surface area contributed by atoms with Crippen LogP contribution in [0, 0.1) is 13.8 Å². The van der Waals surface area contributed by atoms with E-state index in [4.69, 9.17) is 0 Å². The molecule has 2 heterocycles. The van der Waals surface area contributed by atoms with Gasteiger partial charge in [0.1, 0.15) is 0 Å². The number of aromatic nitrogens is 1. The molecular formula is C23H23NO2S2. The first-order valence-electron chi connectivity index (χ1n) is 9.30. The topological polar surface area (TPSA) is 39.1 Å². The summed E-state index contributed by atoms with van der Waals surface area (Å²) in [6.45, 7) is 7.10. The molecule has 0 saturated heterocycles. The summed E-state index contributed by atoms with van der Waals surface area (Å²) in [5, 5.41) is 3.13. The fourth-order valence-electron chi connectivity index (χ4n) is 4.14. The van der Waals surface area contributed by atoms with Crippen molar-refractivity contribution in [3.8, 4) is 21.6 Å². The van der Waals surface area contributed by atoms with Crippen molar-refractivity contribution in [1.29, 1.82) is 0 Å². The molecule has 5 heteroatoms. The van der Waals surface area contributed by atoms with Crippen molar-refractivity contribution >= 4 is 32.1 Å². The number of benzene rings is 2. The molecule has 0 spiro atoms. The van der Waals surface area contributed by atoms with Crippen LogP contribution in [0.2, 0.25) is 0 Å². The predicted octanol–water partition coefficient (Wildman–Crippen LogP) is 6.08. The van der Waals surface area contributed by atoms with Crippen molar-refractivity contribution in [1.82, 2.24) is 4.57 Å². The summed E-state index contributed by atoms with van der Waals surface area (Å²) < 4.78 is 27.8. The fraction of sp³-hybridized carbons (Fsp3) is 0.217. The second-order valence-electron chi connectivity index (χ2n) is 7.10. The van der Waals surface area contributed by atoms with Crippen LogP contribution in [0.25, 0.3) is 32.5 Å². The number of nitrogens with zero attached hydrogens (tertiary/aromatic N) is 1. The van der Waals surface area contributed by atoms with Crippen LogP contribution in [-0.2, 0) is 16.4 Å². The van der Waals surface area contributed by atoms with Gasteiger partial charge in [-0.15, -0.1) is 11.3 Å². The summed E-state index contributed by atoms with van der Waals surface area (Å²) in [4.78, 5) is 1.48. The highest BCUT2D eigenvalue weighted by Gasteiger charge is 2.26. The third-order valence-corrected chi connectivity index (χ3v) is 7.37. The molecule has 2 aromatic carbocycles. The van der Waals surface area contributed by atoms with Gasteiger partial charge >= 0.3 is 0 Å². The van der Waals surface area contributed by atoms with Gasteiger partial charge in [-0.2, -0.15) is 0 Å². The van der Waals surface area contributed by atoms with Crippen molar-refractivity contribution in [3.63, 3.8) is 0 Å². The molecule has 0 unspecified atom stereocenters. The largest absolute Gasteiger partial charge is 0.345 e. The van der Waals surface area contributed by atoms with Gasteiger partial charge in [-0.05, 0) is 49.9 Å². The maximum Gasteiger partial charge on any atom is 0.176 e. The van der Waals surface area contributed by atoms with Crippen molar-refractivity contribution < 1.29 is 8.42 Å². The lowest BCUT2D eigenvalue weighted by Crippen LogP contribution is -2.04. The van der Waals surface area contributed by atoms with Crippen LogP contribution in [0.1, 0.15) is 18.2 Å². The molecule has 144 valence electrons. The summed E-state index contributed by atoms with van der Waals surface area (Å²) >= 11 is 1.64. The number of para-hydroxylation sites is 1. The molecule has 0 aliphatic rings. The molecular weight excluding hydrogens is 386 g/mol. The average Bonchev–Trinajstić information content (AvgIpc) is 3.25.